The van der Waals surface area contributed by atoms with Crippen LogP contribution in [-0.2, 0) is 11.3 Å². The van der Waals surface area contributed by atoms with E-state index in [1.54, 1.807) is 11.7 Å². The summed E-state index contributed by atoms with van der Waals surface area (Å²) in [6.45, 7) is 5.39. The highest BCUT2D eigenvalue weighted by molar-refractivity contribution is 7.99. The normalized spacial score (nSPS) is 12.2. The molecule has 2 aromatic heterocycles. The highest BCUT2D eigenvalue weighted by Gasteiger charge is 2.17. The molecular formula is C28H30N2O3S2. The summed E-state index contributed by atoms with van der Waals surface area (Å²) in [5.41, 5.74) is 2.91. The van der Waals surface area contributed by atoms with Crippen molar-refractivity contribution in [3.63, 3.8) is 0 Å². The lowest BCUT2D eigenvalue weighted by Gasteiger charge is -2.12. The number of nitrogens with zero attached hydrogens (tertiary/aromatic N) is 2. The number of hydrogen-bond acceptors (Lipinski definition) is 6. The average molecular weight is 507 g/mol. The Hall–Kier alpha value is -2.74. The van der Waals surface area contributed by atoms with Crippen molar-refractivity contribution >= 4 is 39.1 Å². The van der Waals surface area contributed by atoms with Gasteiger partial charge in [0, 0.05) is 30.7 Å². The van der Waals surface area contributed by atoms with Gasteiger partial charge in [-0.3, -0.25) is 14.2 Å². The van der Waals surface area contributed by atoms with Crippen LogP contribution in [0.15, 0.2) is 70.6 Å². The molecule has 1 unspecified atom stereocenters. The number of carbonyl (C=O) groups excluding carboxylic acids is 1. The van der Waals surface area contributed by atoms with Crippen LogP contribution >= 0.6 is 23.1 Å². The van der Waals surface area contributed by atoms with E-state index in [-0.39, 0.29) is 17.1 Å². The van der Waals surface area contributed by atoms with E-state index in [1.807, 2.05) is 60.7 Å². The summed E-state index contributed by atoms with van der Waals surface area (Å²) < 4.78 is 6.88. The fourth-order valence-corrected chi connectivity index (χ4v) is 5.86. The third-order valence-electron chi connectivity index (χ3n) is 6.15. The second kappa shape index (κ2) is 11.8. The smallest absolute Gasteiger partial charge is 0.262 e. The zero-order chi connectivity index (χ0) is 24.8. The standard InChI is InChI=1S/C28H30N2O3S2/c1-4-19(2)20-11-13-21(14-12-20)24(31)18-34-28-29-26-23(27(32)30(28)15-8-16-33-3)17-25(35-26)22-9-6-5-7-10-22/h5-7,9-14,17,19H,4,8,15-16,18H2,1-3H3. The van der Waals surface area contributed by atoms with Gasteiger partial charge in [-0.1, -0.05) is 80.2 Å². The summed E-state index contributed by atoms with van der Waals surface area (Å²) >= 11 is 2.83. The van der Waals surface area contributed by atoms with Crippen LogP contribution in [0.5, 0.6) is 0 Å². The Bertz CT molecular complexity index is 1340. The number of rotatable bonds is 11. The first-order chi connectivity index (χ1) is 17.0. The van der Waals surface area contributed by atoms with Crippen LogP contribution in [0.3, 0.4) is 0 Å². The number of ketones is 1. The first-order valence-corrected chi connectivity index (χ1v) is 13.7. The van der Waals surface area contributed by atoms with E-state index >= 15 is 0 Å². The Morgan fingerprint density at radius 2 is 1.89 bits per heavy atom. The third kappa shape index (κ3) is 5.92. The number of methoxy groups -OCH3 is 1. The molecule has 2 heterocycles. The minimum Gasteiger partial charge on any atom is -0.385 e. The lowest BCUT2D eigenvalue weighted by Crippen LogP contribution is -2.24. The van der Waals surface area contributed by atoms with Gasteiger partial charge in [0.25, 0.3) is 5.56 Å². The quantitative estimate of drug-likeness (QED) is 0.0986. The zero-order valence-corrected chi connectivity index (χ0v) is 22.0. The Kier molecular flexibility index (Phi) is 8.55. The van der Waals surface area contributed by atoms with Crippen LogP contribution in [0.1, 0.15) is 48.5 Å². The van der Waals surface area contributed by atoms with E-state index in [4.69, 9.17) is 9.72 Å². The predicted octanol–water partition coefficient (Wildman–Crippen LogP) is 6.65. The van der Waals surface area contributed by atoms with Gasteiger partial charge < -0.3 is 4.74 Å². The number of carbonyl (C=O) groups is 1. The average Bonchev–Trinajstić information content (AvgIpc) is 3.33. The molecule has 0 amide bonds. The number of thiophene rings is 1. The molecule has 0 aliphatic carbocycles. The number of benzene rings is 2. The molecular weight excluding hydrogens is 476 g/mol. The Morgan fingerprint density at radius 3 is 2.57 bits per heavy atom. The zero-order valence-electron chi connectivity index (χ0n) is 20.3. The molecule has 4 rings (SSSR count). The number of fused-ring (bicyclic) bond motifs is 1. The lowest BCUT2D eigenvalue weighted by atomic mass is 9.97. The highest BCUT2D eigenvalue weighted by atomic mass is 32.2. The highest BCUT2D eigenvalue weighted by Crippen LogP contribution is 2.32. The molecule has 7 heteroatoms. The fourth-order valence-electron chi connectivity index (χ4n) is 3.86. The van der Waals surface area contributed by atoms with E-state index in [2.05, 4.69) is 13.8 Å². The van der Waals surface area contributed by atoms with E-state index in [0.717, 1.165) is 16.9 Å². The molecule has 0 fully saturated rings. The van der Waals surface area contributed by atoms with Crippen molar-refractivity contribution in [1.82, 2.24) is 9.55 Å². The number of aromatic nitrogens is 2. The first-order valence-electron chi connectivity index (χ1n) is 11.9. The Morgan fingerprint density at radius 1 is 1.14 bits per heavy atom. The molecule has 0 spiro atoms. The minimum atomic E-state index is -0.0719. The van der Waals surface area contributed by atoms with Gasteiger partial charge in [-0.2, -0.15) is 0 Å². The summed E-state index contributed by atoms with van der Waals surface area (Å²) in [7, 11) is 1.65. The maximum atomic E-state index is 13.4. The molecule has 0 bridgehead atoms. The van der Waals surface area contributed by atoms with Crippen molar-refractivity contribution in [3.8, 4) is 10.4 Å². The number of ether oxygens (including phenoxy) is 1. The van der Waals surface area contributed by atoms with Crippen molar-refractivity contribution in [2.24, 2.45) is 0 Å². The molecule has 0 radical (unpaired) electrons. The van der Waals surface area contributed by atoms with E-state index in [9.17, 15) is 9.59 Å². The van der Waals surface area contributed by atoms with Crippen molar-refractivity contribution in [3.05, 3.63) is 82.1 Å². The summed E-state index contributed by atoms with van der Waals surface area (Å²) in [6, 6.07) is 19.8. The van der Waals surface area contributed by atoms with E-state index in [1.165, 1.54) is 28.7 Å². The minimum absolute atomic E-state index is 0.0274. The molecule has 4 aromatic rings. The van der Waals surface area contributed by atoms with Gasteiger partial charge in [-0.05, 0) is 36.0 Å². The SMILES string of the molecule is CCC(C)c1ccc(C(=O)CSc2nc3sc(-c4ccccc4)cc3c(=O)n2CCCOC)cc1. The van der Waals surface area contributed by atoms with Crippen LogP contribution in [0.2, 0.25) is 0 Å². The third-order valence-corrected chi connectivity index (χ3v) is 8.21. The molecule has 0 aliphatic heterocycles. The molecule has 0 aliphatic rings. The molecule has 182 valence electrons. The number of hydrogen-bond donors (Lipinski definition) is 0. The molecule has 5 nitrogen and oxygen atoms in total. The van der Waals surface area contributed by atoms with Gasteiger partial charge in [-0.15, -0.1) is 11.3 Å². The molecule has 35 heavy (non-hydrogen) atoms. The maximum absolute atomic E-state index is 13.4. The topological polar surface area (TPSA) is 61.2 Å². The van der Waals surface area contributed by atoms with Crippen molar-refractivity contribution in [2.45, 2.75) is 44.3 Å². The van der Waals surface area contributed by atoms with Gasteiger partial charge in [0.15, 0.2) is 10.9 Å². The van der Waals surface area contributed by atoms with Gasteiger partial charge in [0.2, 0.25) is 0 Å². The number of thioether (sulfide) groups is 1. The molecule has 0 saturated heterocycles. The summed E-state index contributed by atoms with van der Waals surface area (Å²) in [4.78, 5) is 32.9. The largest absolute Gasteiger partial charge is 0.385 e. The maximum Gasteiger partial charge on any atom is 0.262 e. The van der Waals surface area contributed by atoms with Crippen LogP contribution in [0.25, 0.3) is 20.7 Å². The lowest BCUT2D eigenvalue weighted by molar-refractivity contribution is 0.102. The second-order valence-corrected chi connectivity index (χ2v) is 10.5. The molecule has 0 saturated carbocycles. The van der Waals surface area contributed by atoms with Crippen molar-refractivity contribution < 1.29 is 9.53 Å². The number of Topliss-reactive ketones (excluding diaryl/α,β-unsaturated/α-hetero) is 1. The summed E-state index contributed by atoms with van der Waals surface area (Å²) in [6.07, 6.45) is 1.75. The van der Waals surface area contributed by atoms with E-state index < -0.39 is 0 Å². The van der Waals surface area contributed by atoms with Gasteiger partial charge in [0.1, 0.15) is 4.83 Å². The second-order valence-electron chi connectivity index (χ2n) is 8.54. The predicted molar refractivity (Wildman–Crippen MR) is 146 cm³/mol. The van der Waals surface area contributed by atoms with Crippen LogP contribution in [0.4, 0.5) is 0 Å². The summed E-state index contributed by atoms with van der Waals surface area (Å²) in [5, 5.41) is 1.19. The van der Waals surface area contributed by atoms with Crippen molar-refractivity contribution in [1.29, 1.82) is 0 Å². The van der Waals surface area contributed by atoms with Gasteiger partial charge in [0.05, 0.1) is 11.1 Å². The Labute approximate surface area is 214 Å². The monoisotopic (exact) mass is 506 g/mol. The van der Waals surface area contributed by atoms with E-state index in [0.29, 0.717) is 46.4 Å². The molecule has 1 atom stereocenters. The van der Waals surface area contributed by atoms with Crippen LogP contribution < -0.4 is 5.56 Å². The summed E-state index contributed by atoms with van der Waals surface area (Å²) in [5.74, 6) is 0.721. The van der Waals surface area contributed by atoms with Crippen LogP contribution in [-0.4, -0.2) is 34.8 Å². The van der Waals surface area contributed by atoms with Crippen LogP contribution in [0, 0.1) is 0 Å². The van der Waals surface area contributed by atoms with Crippen molar-refractivity contribution in [2.75, 3.05) is 19.5 Å². The fraction of sp³-hybridized carbons (Fsp3) is 0.321. The Balaban J connectivity index is 1.61. The molecule has 0 N–H and O–H groups in total. The first kappa shape index (κ1) is 25.4. The van der Waals surface area contributed by atoms with Gasteiger partial charge in [-0.25, -0.2) is 4.98 Å². The van der Waals surface area contributed by atoms with Gasteiger partial charge >= 0.3 is 0 Å². The molecule has 2 aromatic carbocycles.